The Hall–Kier alpha value is -0.820. The first-order valence-electron chi connectivity index (χ1n) is 4.88. The third-order valence-electron chi connectivity index (χ3n) is 2.94. The highest BCUT2D eigenvalue weighted by molar-refractivity contribution is 5.36. The molecule has 0 saturated heterocycles. The van der Waals surface area contributed by atoms with Gasteiger partial charge in [-0.15, -0.1) is 0 Å². The molecule has 70 valence electrons. The van der Waals surface area contributed by atoms with Gasteiger partial charge in [0.15, 0.2) is 0 Å². The van der Waals surface area contributed by atoms with Crippen molar-refractivity contribution < 1.29 is 4.74 Å². The lowest BCUT2D eigenvalue weighted by Crippen LogP contribution is -1.94. The number of ether oxygens (including phenoxy) is 1. The normalized spacial score (nSPS) is 31.2. The van der Waals surface area contributed by atoms with E-state index in [1.54, 1.807) is 0 Å². The third kappa shape index (κ3) is 1.75. The molecule has 0 aromatic rings. The second kappa shape index (κ2) is 3.51. The summed E-state index contributed by atoms with van der Waals surface area (Å²) in [6.07, 6.45) is 6.70. The lowest BCUT2D eigenvalue weighted by atomic mass is 9.95. The lowest BCUT2D eigenvalue weighted by molar-refractivity contribution is 0.205. The van der Waals surface area contributed by atoms with Gasteiger partial charge in [0.25, 0.3) is 0 Å². The molecule has 2 aliphatic rings. The predicted molar refractivity (Wildman–Crippen MR) is 54.6 cm³/mol. The molecule has 1 nitrogen and oxygen atoms in total. The Balaban J connectivity index is 2.31. The zero-order valence-electron chi connectivity index (χ0n) is 8.39. The molecule has 0 amide bonds. The maximum Gasteiger partial charge on any atom is 0.0721 e. The molecule has 0 saturated carbocycles. The molecule has 1 heteroatoms. The highest BCUT2D eigenvalue weighted by Gasteiger charge is 2.14. The van der Waals surface area contributed by atoms with Crippen LogP contribution >= 0.6 is 0 Å². The molecule has 1 aliphatic heterocycles. The van der Waals surface area contributed by atoms with E-state index in [2.05, 4.69) is 26.0 Å². The second-order valence-electron chi connectivity index (χ2n) is 3.97. The van der Waals surface area contributed by atoms with E-state index in [1.165, 1.54) is 22.3 Å². The summed E-state index contributed by atoms with van der Waals surface area (Å²) in [7, 11) is 0. The van der Waals surface area contributed by atoms with E-state index in [0.717, 1.165) is 26.1 Å². The van der Waals surface area contributed by atoms with Gasteiger partial charge in [0, 0.05) is 0 Å². The Labute approximate surface area is 79.8 Å². The third-order valence-corrected chi connectivity index (χ3v) is 2.94. The summed E-state index contributed by atoms with van der Waals surface area (Å²) in [5.41, 5.74) is 5.91. The lowest BCUT2D eigenvalue weighted by Gasteiger charge is -2.10. The minimum absolute atomic E-state index is 0.818. The van der Waals surface area contributed by atoms with Crippen LogP contribution in [0.5, 0.6) is 0 Å². The van der Waals surface area contributed by atoms with Crippen molar-refractivity contribution in [1.82, 2.24) is 0 Å². The van der Waals surface area contributed by atoms with Crippen LogP contribution in [-0.2, 0) is 4.74 Å². The molecule has 13 heavy (non-hydrogen) atoms. The minimum Gasteiger partial charge on any atom is -0.372 e. The maximum atomic E-state index is 5.44. The Bertz CT molecular complexity index is 305. The number of hydrogen-bond acceptors (Lipinski definition) is 1. The van der Waals surface area contributed by atoms with Crippen molar-refractivity contribution >= 4 is 0 Å². The summed E-state index contributed by atoms with van der Waals surface area (Å²) in [6.45, 7) is 6.11. The van der Waals surface area contributed by atoms with Gasteiger partial charge >= 0.3 is 0 Å². The maximum absolute atomic E-state index is 5.44. The van der Waals surface area contributed by atoms with E-state index in [4.69, 9.17) is 4.74 Å². The first-order chi connectivity index (χ1) is 6.27. The second-order valence-corrected chi connectivity index (χ2v) is 3.97. The van der Waals surface area contributed by atoms with E-state index in [9.17, 15) is 0 Å². The van der Waals surface area contributed by atoms with E-state index in [0.29, 0.717) is 0 Å². The van der Waals surface area contributed by atoms with Crippen molar-refractivity contribution in [3.63, 3.8) is 0 Å². The topological polar surface area (TPSA) is 9.23 Å². The van der Waals surface area contributed by atoms with Crippen molar-refractivity contribution in [2.24, 2.45) is 0 Å². The summed E-state index contributed by atoms with van der Waals surface area (Å²) in [4.78, 5) is 0. The van der Waals surface area contributed by atoms with Crippen LogP contribution in [0.3, 0.4) is 0 Å². The number of allylic oxidation sites excluding steroid dienone is 3. The standard InChI is InChI=1S/C12H16O/c1-9-4-3-5-11-7-13-8-12(11)6-10(9)2/h3,5H,4,6-8H2,1-2H3/b5-3-,10-9-. The minimum atomic E-state index is 0.818. The summed E-state index contributed by atoms with van der Waals surface area (Å²) >= 11 is 0. The van der Waals surface area contributed by atoms with Crippen LogP contribution in [0, 0.1) is 0 Å². The fourth-order valence-corrected chi connectivity index (χ4v) is 1.83. The van der Waals surface area contributed by atoms with Crippen molar-refractivity contribution in [1.29, 1.82) is 0 Å². The van der Waals surface area contributed by atoms with E-state index in [1.807, 2.05) is 0 Å². The molecule has 0 fully saturated rings. The molecule has 0 aromatic carbocycles. The molecule has 0 unspecified atom stereocenters. The van der Waals surface area contributed by atoms with Crippen LogP contribution in [0.1, 0.15) is 26.7 Å². The predicted octanol–water partition coefficient (Wildman–Crippen LogP) is 3.00. The van der Waals surface area contributed by atoms with Crippen LogP contribution in [0.25, 0.3) is 0 Å². The summed E-state index contributed by atoms with van der Waals surface area (Å²) in [6, 6.07) is 0. The highest BCUT2D eigenvalue weighted by Crippen LogP contribution is 2.26. The molecular weight excluding hydrogens is 160 g/mol. The van der Waals surface area contributed by atoms with Gasteiger partial charge in [0.1, 0.15) is 0 Å². The average molecular weight is 176 g/mol. The molecule has 0 bridgehead atoms. The average Bonchev–Trinajstić information content (AvgIpc) is 2.50. The first kappa shape index (κ1) is 8.76. The molecule has 0 atom stereocenters. The summed E-state index contributed by atoms with van der Waals surface area (Å²) in [5, 5.41) is 0. The van der Waals surface area contributed by atoms with Gasteiger partial charge < -0.3 is 4.74 Å². The van der Waals surface area contributed by atoms with Gasteiger partial charge in [-0.05, 0) is 37.8 Å². The van der Waals surface area contributed by atoms with Crippen LogP contribution in [0.4, 0.5) is 0 Å². The molecule has 1 heterocycles. The Morgan fingerprint density at radius 2 is 2.00 bits per heavy atom. The molecule has 0 N–H and O–H groups in total. The largest absolute Gasteiger partial charge is 0.372 e. The first-order valence-corrected chi connectivity index (χ1v) is 4.88. The van der Waals surface area contributed by atoms with Crippen LogP contribution < -0.4 is 0 Å². The Morgan fingerprint density at radius 3 is 2.85 bits per heavy atom. The van der Waals surface area contributed by atoms with Gasteiger partial charge in [0.05, 0.1) is 13.2 Å². The SMILES string of the molecule is C/C1=C(\C)CC2=C(/C=C\C1)COC2. The smallest absolute Gasteiger partial charge is 0.0721 e. The Morgan fingerprint density at radius 1 is 1.15 bits per heavy atom. The van der Waals surface area contributed by atoms with Gasteiger partial charge in [-0.25, -0.2) is 0 Å². The van der Waals surface area contributed by atoms with E-state index >= 15 is 0 Å². The quantitative estimate of drug-likeness (QED) is 0.515. The van der Waals surface area contributed by atoms with Crippen molar-refractivity contribution in [3.8, 4) is 0 Å². The van der Waals surface area contributed by atoms with Gasteiger partial charge in [-0.1, -0.05) is 23.3 Å². The van der Waals surface area contributed by atoms with Gasteiger partial charge in [-0.3, -0.25) is 0 Å². The van der Waals surface area contributed by atoms with Crippen LogP contribution in [-0.4, -0.2) is 13.2 Å². The highest BCUT2D eigenvalue weighted by atomic mass is 16.5. The molecule has 2 rings (SSSR count). The fraction of sp³-hybridized carbons (Fsp3) is 0.500. The van der Waals surface area contributed by atoms with E-state index in [-0.39, 0.29) is 0 Å². The van der Waals surface area contributed by atoms with Gasteiger partial charge in [0.2, 0.25) is 0 Å². The fourth-order valence-electron chi connectivity index (χ4n) is 1.83. The van der Waals surface area contributed by atoms with Crippen LogP contribution in [0.2, 0.25) is 0 Å². The summed E-state index contributed by atoms with van der Waals surface area (Å²) in [5.74, 6) is 0. The Kier molecular flexibility index (Phi) is 2.36. The number of rotatable bonds is 0. The molecule has 0 aromatic heterocycles. The van der Waals surface area contributed by atoms with Crippen LogP contribution in [0.15, 0.2) is 34.4 Å². The van der Waals surface area contributed by atoms with Crippen molar-refractivity contribution in [3.05, 3.63) is 34.4 Å². The zero-order valence-corrected chi connectivity index (χ0v) is 8.39. The molecular formula is C12H16O. The summed E-state index contributed by atoms with van der Waals surface area (Å²) < 4.78 is 5.44. The zero-order chi connectivity index (χ0) is 9.26. The van der Waals surface area contributed by atoms with Gasteiger partial charge in [-0.2, -0.15) is 0 Å². The number of hydrogen-bond donors (Lipinski definition) is 0. The van der Waals surface area contributed by atoms with E-state index < -0.39 is 0 Å². The molecule has 0 spiro atoms. The monoisotopic (exact) mass is 176 g/mol. The molecule has 1 aliphatic carbocycles. The van der Waals surface area contributed by atoms with Crippen molar-refractivity contribution in [2.45, 2.75) is 26.7 Å². The molecule has 0 radical (unpaired) electrons. The van der Waals surface area contributed by atoms with Crippen molar-refractivity contribution in [2.75, 3.05) is 13.2 Å².